The fourth-order valence-electron chi connectivity index (χ4n) is 3.09. The molecule has 2 aromatic carbocycles. The van der Waals surface area contributed by atoms with Gasteiger partial charge in [-0.1, -0.05) is 24.3 Å². The number of likely N-dealkylation sites (tertiary alicyclic amines) is 1. The lowest BCUT2D eigenvalue weighted by Gasteiger charge is -2.32. The van der Waals surface area contributed by atoms with Crippen LogP contribution in [0.3, 0.4) is 0 Å². The Balaban J connectivity index is 1.53. The van der Waals surface area contributed by atoms with Crippen LogP contribution >= 0.6 is 0 Å². The van der Waals surface area contributed by atoms with Crippen LogP contribution in [0.5, 0.6) is 5.75 Å². The van der Waals surface area contributed by atoms with Crippen LogP contribution in [0.15, 0.2) is 48.5 Å². The number of amides is 1. The molecular formula is C22H24FNO2. The van der Waals surface area contributed by atoms with Crippen molar-refractivity contribution in [3.05, 3.63) is 71.0 Å². The van der Waals surface area contributed by atoms with Gasteiger partial charge in [0.25, 0.3) is 0 Å². The molecule has 0 atom stereocenters. The second kappa shape index (κ2) is 8.17. The van der Waals surface area contributed by atoms with Crippen molar-refractivity contribution in [1.82, 2.24) is 4.90 Å². The summed E-state index contributed by atoms with van der Waals surface area (Å²) in [5.41, 5.74) is 3.00. The summed E-state index contributed by atoms with van der Waals surface area (Å²) >= 11 is 0. The third-order valence-electron chi connectivity index (χ3n) is 4.66. The highest BCUT2D eigenvalue weighted by Gasteiger charge is 2.23. The van der Waals surface area contributed by atoms with Crippen LogP contribution in [0, 0.1) is 19.7 Å². The zero-order valence-electron chi connectivity index (χ0n) is 15.2. The summed E-state index contributed by atoms with van der Waals surface area (Å²) in [6, 6.07) is 12.4. The Bertz CT molecular complexity index is 808. The second-order valence-electron chi connectivity index (χ2n) is 6.80. The molecule has 0 saturated carbocycles. The van der Waals surface area contributed by atoms with Crippen molar-refractivity contribution in [3.8, 4) is 5.75 Å². The Hall–Kier alpha value is -2.62. The largest absolute Gasteiger partial charge is 0.490 e. The average molecular weight is 353 g/mol. The molecule has 0 N–H and O–H groups in total. The van der Waals surface area contributed by atoms with E-state index in [9.17, 15) is 9.18 Å². The third-order valence-corrected chi connectivity index (χ3v) is 4.66. The monoisotopic (exact) mass is 353 g/mol. The standard InChI is InChI=1S/C22H24FNO2/c1-16-6-7-17(2)21(14-16)26-20-10-12-24(13-11-20)22(25)9-8-18-4-3-5-19(23)15-18/h3-9,14-15,20H,10-13H2,1-2H3/b9-8+. The molecule has 2 aromatic rings. The fraction of sp³-hybridized carbons (Fsp3) is 0.318. The summed E-state index contributed by atoms with van der Waals surface area (Å²) in [6.45, 7) is 5.44. The highest BCUT2D eigenvalue weighted by molar-refractivity contribution is 5.91. The Morgan fingerprint density at radius 2 is 1.92 bits per heavy atom. The van der Waals surface area contributed by atoms with Crippen LogP contribution in [0.25, 0.3) is 6.08 Å². The fourth-order valence-corrected chi connectivity index (χ4v) is 3.09. The minimum absolute atomic E-state index is 0.0422. The van der Waals surface area contributed by atoms with E-state index in [0.29, 0.717) is 18.7 Å². The molecule has 0 aromatic heterocycles. The Kier molecular flexibility index (Phi) is 5.71. The van der Waals surface area contributed by atoms with E-state index in [-0.39, 0.29) is 17.8 Å². The lowest BCUT2D eigenvalue weighted by Crippen LogP contribution is -2.41. The quantitative estimate of drug-likeness (QED) is 0.756. The van der Waals surface area contributed by atoms with E-state index in [1.165, 1.54) is 23.8 Å². The number of carbonyl (C=O) groups excluding carboxylic acids is 1. The molecule has 4 heteroatoms. The van der Waals surface area contributed by atoms with Crippen molar-refractivity contribution in [2.45, 2.75) is 32.8 Å². The Labute approximate surface area is 154 Å². The van der Waals surface area contributed by atoms with Crippen LogP contribution < -0.4 is 4.74 Å². The van der Waals surface area contributed by atoms with Gasteiger partial charge in [0.15, 0.2) is 0 Å². The number of carbonyl (C=O) groups is 1. The molecule has 1 saturated heterocycles. The van der Waals surface area contributed by atoms with Gasteiger partial charge < -0.3 is 9.64 Å². The van der Waals surface area contributed by atoms with Gasteiger partial charge in [0, 0.05) is 32.0 Å². The van der Waals surface area contributed by atoms with Crippen molar-refractivity contribution in [1.29, 1.82) is 0 Å². The highest BCUT2D eigenvalue weighted by atomic mass is 19.1. The lowest BCUT2D eigenvalue weighted by molar-refractivity contribution is -0.127. The molecule has 1 aliphatic heterocycles. The zero-order chi connectivity index (χ0) is 18.5. The topological polar surface area (TPSA) is 29.5 Å². The van der Waals surface area contributed by atoms with Crippen LogP contribution in [0.4, 0.5) is 4.39 Å². The maximum atomic E-state index is 13.2. The van der Waals surface area contributed by atoms with E-state index in [1.807, 2.05) is 11.8 Å². The molecule has 1 heterocycles. The van der Waals surface area contributed by atoms with Crippen LogP contribution in [0.2, 0.25) is 0 Å². The number of halogens is 1. The first-order valence-corrected chi connectivity index (χ1v) is 8.98. The molecule has 136 valence electrons. The maximum absolute atomic E-state index is 13.2. The maximum Gasteiger partial charge on any atom is 0.246 e. The first kappa shape index (κ1) is 18.2. The molecule has 0 bridgehead atoms. The van der Waals surface area contributed by atoms with E-state index in [0.717, 1.165) is 24.2 Å². The molecule has 26 heavy (non-hydrogen) atoms. The van der Waals surface area contributed by atoms with Gasteiger partial charge in [0.1, 0.15) is 17.7 Å². The smallest absolute Gasteiger partial charge is 0.246 e. The number of ether oxygens (including phenoxy) is 1. The molecule has 0 spiro atoms. The van der Waals surface area contributed by atoms with Crippen LogP contribution in [-0.4, -0.2) is 30.0 Å². The van der Waals surface area contributed by atoms with E-state index < -0.39 is 0 Å². The van der Waals surface area contributed by atoms with Crippen molar-refractivity contribution >= 4 is 12.0 Å². The normalized spacial score (nSPS) is 15.4. The SMILES string of the molecule is Cc1ccc(C)c(OC2CCN(C(=O)/C=C/c3cccc(F)c3)CC2)c1. The number of nitrogens with zero attached hydrogens (tertiary/aromatic N) is 1. The first-order chi connectivity index (χ1) is 12.5. The van der Waals surface area contributed by atoms with Gasteiger partial charge in [-0.15, -0.1) is 0 Å². The molecule has 0 aliphatic carbocycles. The molecule has 3 rings (SSSR count). The van der Waals surface area contributed by atoms with Crippen molar-refractivity contribution < 1.29 is 13.9 Å². The molecule has 0 unspecified atom stereocenters. The van der Waals surface area contributed by atoms with E-state index in [4.69, 9.17) is 4.74 Å². The number of hydrogen-bond donors (Lipinski definition) is 0. The number of rotatable bonds is 4. The van der Waals surface area contributed by atoms with Gasteiger partial charge in [-0.2, -0.15) is 0 Å². The minimum atomic E-state index is -0.302. The summed E-state index contributed by atoms with van der Waals surface area (Å²) < 4.78 is 19.3. The van der Waals surface area contributed by atoms with E-state index in [1.54, 1.807) is 18.2 Å². The minimum Gasteiger partial charge on any atom is -0.490 e. The molecule has 0 radical (unpaired) electrons. The highest BCUT2D eigenvalue weighted by Crippen LogP contribution is 2.24. The van der Waals surface area contributed by atoms with Crippen LogP contribution in [0.1, 0.15) is 29.5 Å². The molecular weight excluding hydrogens is 329 g/mol. The van der Waals surface area contributed by atoms with Gasteiger partial charge in [-0.05, 0) is 54.8 Å². The number of aryl methyl sites for hydroxylation is 2. The average Bonchev–Trinajstić information content (AvgIpc) is 2.63. The van der Waals surface area contributed by atoms with Gasteiger partial charge >= 0.3 is 0 Å². The predicted octanol–water partition coefficient (Wildman–Crippen LogP) is 4.53. The summed E-state index contributed by atoms with van der Waals surface area (Å²) in [7, 11) is 0. The van der Waals surface area contributed by atoms with Gasteiger partial charge in [-0.3, -0.25) is 4.79 Å². The summed E-state index contributed by atoms with van der Waals surface area (Å²) in [4.78, 5) is 14.1. The van der Waals surface area contributed by atoms with E-state index >= 15 is 0 Å². The van der Waals surface area contributed by atoms with Gasteiger partial charge in [0.2, 0.25) is 5.91 Å². The summed E-state index contributed by atoms with van der Waals surface area (Å²) in [5, 5.41) is 0. The Morgan fingerprint density at radius 3 is 2.65 bits per heavy atom. The number of hydrogen-bond acceptors (Lipinski definition) is 2. The molecule has 3 nitrogen and oxygen atoms in total. The van der Waals surface area contributed by atoms with Crippen LogP contribution in [-0.2, 0) is 4.79 Å². The van der Waals surface area contributed by atoms with Gasteiger partial charge in [0.05, 0.1) is 0 Å². The lowest BCUT2D eigenvalue weighted by atomic mass is 10.1. The van der Waals surface area contributed by atoms with Crippen molar-refractivity contribution in [2.75, 3.05) is 13.1 Å². The zero-order valence-corrected chi connectivity index (χ0v) is 15.2. The molecule has 1 fully saturated rings. The number of piperidine rings is 1. The first-order valence-electron chi connectivity index (χ1n) is 8.98. The summed E-state index contributed by atoms with van der Waals surface area (Å²) in [5.74, 6) is 0.587. The van der Waals surface area contributed by atoms with Gasteiger partial charge in [-0.25, -0.2) is 4.39 Å². The summed E-state index contributed by atoms with van der Waals surface area (Å²) in [6.07, 6.45) is 4.93. The molecule has 1 aliphatic rings. The molecule has 1 amide bonds. The third kappa shape index (κ3) is 4.72. The predicted molar refractivity (Wildman–Crippen MR) is 102 cm³/mol. The Morgan fingerprint density at radius 1 is 1.15 bits per heavy atom. The van der Waals surface area contributed by atoms with Crippen molar-refractivity contribution in [3.63, 3.8) is 0 Å². The second-order valence-corrected chi connectivity index (χ2v) is 6.80. The van der Waals surface area contributed by atoms with E-state index in [2.05, 4.69) is 25.1 Å². The number of benzene rings is 2. The van der Waals surface area contributed by atoms with Crippen molar-refractivity contribution in [2.24, 2.45) is 0 Å².